The lowest BCUT2D eigenvalue weighted by molar-refractivity contribution is -0.146. The number of hydrogen-bond acceptors (Lipinski definition) is 6. The van der Waals surface area contributed by atoms with Crippen molar-refractivity contribution in [2.24, 2.45) is 7.05 Å². The Kier molecular flexibility index (Phi) is 4.32. The van der Waals surface area contributed by atoms with Crippen LogP contribution in [0.25, 0.3) is 0 Å². The molecule has 4 rings (SSSR count). The summed E-state index contributed by atoms with van der Waals surface area (Å²) in [5, 5.41) is 4.17. The third kappa shape index (κ3) is 3.46. The Balaban J connectivity index is 1.53. The van der Waals surface area contributed by atoms with E-state index in [1.54, 1.807) is 22.0 Å². The minimum Gasteiger partial charge on any atom is -0.468 e. The zero-order chi connectivity index (χ0) is 17.3. The van der Waals surface area contributed by atoms with Crippen molar-refractivity contribution in [1.29, 1.82) is 0 Å². The summed E-state index contributed by atoms with van der Waals surface area (Å²) in [5.41, 5.74) is 0.240. The largest absolute Gasteiger partial charge is 0.468 e. The number of aromatic nitrogens is 2. The number of amides is 1. The van der Waals surface area contributed by atoms with Crippen molar-refractivity contribution >= 4 is 11.6 Å². The zero-order valence-electron chi connectivity index (χ0n) is 14.3. The first-order valence-corrected chi connectivity index (χ1v) is 8.39. The van der Waals surface area contributed by atoms with E-state index >= 15 is 0 Å². The smallest absolute Gasteiger partial charge is 0.253 e. The molecule has 8 nitrogen and oxygen atoms in total. The number of ether oxygens (including phenoxy) is 2. The Morgan fingerprint density at radius 2 is 2.28 bits per heavy atom. The number of nitrogens with zero attached hydrogens (tertiary/aromatic N) is 4. The third-order valence-electron chi connectivity index (χ3n) is 4.64. The predicted octanol–water partition coefficient (Wildman–Crippen LogP) is 0.647. The number of carbonyl (C=O) groups excluding carboxylic acids is 1. The summed E-state index contributed by atoms with van der Waals surface area (Å²) in [6.07, 6.45) is 5.23. The van der Waals surface area contributed by atoms with Crippen molar-refractivity contribution in [3.63, 3.8) is 0 Å². The standard InChI is InChI=1S/C17H22N4O4/c1-19-8-14(7-18-19)21-12-17(25-10-16(21)22)11-20(4-6-23-13-17)9-15-3-2-5-24-15/h2-3,5,7-8H,4,6,9-13H2,1H3. The van der Waals surface area contributed by atoms with Crippen LogP contribution in [-0.2, 0) is 27.9 Å². The lowest BCUT2D eigenvalue weighted by atomic mass is 10.0. The van der Waals surface area contributed by atoms with Gasteiger partial charge in [-0.25, -0.2) is 0 Å². The van der Waals surface area contributed by atoms with E-state index in [1.807, 2.05) is 25.4 Å². The molecule has 0 N–H and O–H groups in total. The van der Waals surface area contributed by atoms with E-state index in [9.17, 15) is 4.79 Å². The molecule has 134 valence electrons. The Morgan fingerprint density at radius 1 is 1.36 bits per heavy atom. The highest BCUT2D eigenvalue weighted by Crippen LogP contribution is 2.27. The van der Waals surface area contributed by atoms with Crippen LogP contribution in [-0.4, -0.2) is 65.6 Å². The van der Waals surface area contributed by atoms with Gasteiger partial charge in [-0.1, -0.05) is 0 Å². The first-order valence-electron chi connectivity index (χ1n) is 8.39. The van der Waals surface area contributed by atoms with E-state index in [4.69, 9.17) is 13.9 Å². The van der Waals surface area contributed by atoms with Crippen LogP contribution in [0.1, 0.15) is 5.76 Å². The molecule has 2 fully saturated rings. The molecule has 0 bridgehead atoms. The van der Waals surface area contributed by atoms with Crippen molar-refractivity contribution in [3.05, 3.63) is 36.5 Å². The molecule has 2 aromatic heterocycles. The molecule has 1 atom stereocenters. The molecule has 0 aromatic carbocycles. The molecule has 1 spiro atoms. The van der Waals surface area contributed by atoms with Gasteiger partial charge in [0.05, 0.1) is 44.5 Å². The lowest BCUT2D eigenvalue weighted by Gasteiger charge is -2.42. The summed E-state index contributed by atoms with van der Waals surface area (Å²) in [6, 6.07) is 3.85. The van der Waals surface area contributed by atoms with Gasteiger partial charge in [-0.15, -0.1) is 0 Å². The van der Waals surface area contributed by atoms with Gasteiger partial charge in [-0.3, -0.25) is 14.4 Å². The van der Waals surface area contributed by atoms with Gasteiger partial charge in [0.1, 0.15) is 18.0 Å². The maximum absolute atomic E-state index is 12.3. The maximum atomic E-state index is 12.3. The SMILES string of the molecule is Cn1cc(N2CC3(COCCN(Cc4ccco4)C3)OCC2=O)cn1. The average Bonchev–Trinajstić information content (AvgIpc) is 3.21. The van der Waals surface area contributed by atoms with Gasteiger partial charge in [0.15, 0.2) is 0 Å². The number of aryl methyl sites for hydroxylation is 1. The summed E-state index contributed by atoms with van der Waals surface area (Å²) >= 11 is 0. The number of rotatable bonds is 3. The summed E-state index contributed by atoms with van der Waals surface area (Å²) in [4.78, 5) is 16.3. The van der Waals surface area contributed by atoms with Gasteiger partial charge >= 0.3 is 0 Å². The van der Waals surface area contributed by atoms with Gasteiger partial charge in [0.25, 0.3) is 5.91 Å². The molecule has 0 aliphatic carbocycles. The molecule has 0 radical (unpaired) electrons. The fraction of sp³-hybridized carbons (Fsp3) is 0.529. The van der Waals surface area contributed by atoms with Crippen molar-refractivity contribution in [2.45, 2.75) is 12.1 Å². The number of anilines is 1. The maximum Gasteiger partial charge on any atom is 0.253 e. The van der Waals surface area contributed by atoms with Crippen LogP contribution >= 0.6 is 0 Å². The van der Waals surface area contributed by atoms with Crippen molar-refractivity contribution < 1.29 is 18.7 Å². The van der Waals surface area contributed by atoms with Crippen LogP contribution in [0.4, 0.5) is 5.69 Å². The Morgan fingerprint density at radius 3 is 3.04 bits per heavy atom. The number of morpholine rings is 1. The second-order valence-corrected chi connectivity index (χ2v) is 6.67. The quantitative estimate of drug-likeness (QED) is 0.812. The van der Waals surface area contributed by atoms with Crippen molar-refractivity contribution in [2.75, 3.05) is 44.4 Å². The average molecular weight is 346 g/mol. The normalized spacial score (nSPS) is 25.5. The highest BCUT2D eigenvalue weighted by atomic mass is 16.6. The Bertz CT molecular complexity index is 729. The van der Waals surface area contributed by atoms with Gasteiger partial charge in [0.2, 0.25) is 0 Å². The third-order valence-corrected chi connectivity index (χ3v) is 4.64. The van der Waals surface area contributed by atoms with E-state index in [2.05, 4.69) is 10.00 Å². The zero-order valence-corrected chi connectivity index (χ0v) is 14.3. The molecule has 2 aliphatic rings. The number of carbonyl (C=O) groups is 1. The van der Waals surface area contributed by atoms with E-state index in [0.717, 1.165) is 18.0 Å². The first-order chi connectivity index (χ1) is 12.1. The fourth-order valence-corrected chi connectivity index (χ4v) is 3.42. The van der Waals surface area contributed by atoms with Crippen LogP contribution in [0.5, 0.6) is 0 Å². The molecule has 2 saturated heterocycles. The highest BCUT2D eigenvalue weighted by molar-refractivity contribution is 5.94. The van der Waals surface area contributed by atoms with Crippen LogP contribution < -0.4 is 4.90 Å². The summed E-state index contributed by atoms with van der Waals surface area (Å²) in [7, 11) is 1.84. The molecule has 25 heavy (non-hydrogen) atoms. The Hall–Kier alpha value is -2.16. The van der Waals surface area contributed by atoms with Crippen LogP contribution in [0, 0.1) is 0 Å². The van der Waals surface area contributed by atoms with E-state index in [1.165, 1.54) is 0 Å². The van der Waals surface area contributed by atoms with Crippen molar-refractivity contribution in [3.8, 4) is 0 Å². The fourth-order valence-electron chi connectivity index (χ4n) is 3.42. The minimum absolute atomic E-state index is 0.0485. The minimum atomic E-state index is -0.549. The molecule has 2 aliphatic heterocycles. The van der Waals surface area contributed by atoms with E-state index < -0.39 is 5.60 Å². The number of hydrogen-bond donors (Lipinski definition) is 0. The van der Waals surface area contributed by atoms with E-state index in [0.29, 0.717) is 32.8 Å². The van der Waals surface area contributed by atoms with Crippen LogP contribution in [0.15, 0.2) is 35.2 Å². The number of furan rings is 1. The molecular weight excluding hydrogens is 324 g/mol. The lowest BCUT2D eigenvalue weighted by Crippen LogP contribution is -2.60. The molecule has 4 heterocycles. The van der Waals surface area contributed by atoms with Gasteiger partial charge in [-0.2, -0.15) is 5.10 Å². The second-order valence-electron chi connectivity index (χ2n) is 6.67. The van der Waals surface area contributed by atoms with Crippen LogP contribution in [0.3, 0.4) is 0 Å². The van der Waals surface area contributed by atoms with Gasteiger partial charge in [-0.05, 0) is 12.1 Å². The second kappa shape index (κ2) is 6.62. The summed E-state index contributed by atoms with van der Waals surface area (Å²) in [6.45, 7) is 3.77. The molecular formula is C17H22N4O4. The van der Waals surface area contributed by atoms with Gasteiger partial charge < -0.3 is 18.8 Å². The summed E-state index contributed by atoms with van der Waals surface area (Å²) in [5.74, 6) is 0.855. The topological polar surface area (TPSA) is 73.0 Å². The van der Waals surface area contributed by atoms with Crippen LogP contribution in [0.2, 0.25) is 0 Å². The molecule has 2 aromatic rings. The monoisotopic (exact) mass is 346 g/mol. The van der Waals surface area contributed by atoms with Gasteiger partial charge in [0, 0.05) is 26.3 Å². The predicted molar refractivity (Wildman–Crippen MR) is 89.0 cm³/mol. The first kappa shape index (κ1) is 16.3. The molecule has 1 amide bonds. The van der Waals surface area contributed by atoms with Crippen molar-refractivity contribution in [1.82, 2.24) is 14.7 Å². The molecule has 0 saturated carbocycles. The Labute approximate surface area is 145 Å². The molecule has 8 heteroatoms. The summed E-state index contributed by atoms with van der Waals surface area (Å²) < 4.78 is 19.0. The highest BCUT2D eigenvalue weighted by Gasteiger charge is 2.43. The molecule has 1 unspecified atom stereocenters. The van der Waals surface area contributed by atoms with E-state index in [-0.39, 0.29) is 12.5 Å².